The molecule has 3 nitrogen and oxygen atoms in total. The van der Waals surface area contributed by atoms with Gasteiger partial charge in [0, 0.05) is 13.5 Å². The Balaban J connectivity index is 2.59. The standard InChI is InChI=1S/C9H14N2O/c1-3-4-5-9(12)8-6-10-7-11(8)2/h6-7H,3-5H2,1-2H3. The van der Waals surface area contributed by atoms with Crippen LogP contribution in [0.25, 0.3) is 0 Å². The Hall–Kier alpha value is -1.12. The van der Waals surface area contributed by atoms with Gasteiger partial charge in [-0.15, -0.1) is 0 Å². The number of carbonyl (C=O) groups excluding carboxylic acids is 1. The minimum Gasteiger partial charge on any atom is -0.331 e. The van der Waals surface area contributed by atoms with Crippen LogP contribution in [0.3, 0.4) is 0 Å². The highest BCUT2D eigenvalue weighted by Gasteiger charge is 2.07. The van der Waals surface area contributed by atoms with Gasteiger partial charge < -0.3 is 4.57 Å². The quantitative estimate of drug-likeness (QED) is 0.639. The minimum atomic E-state index is 0.192. The molecule has 0 spiro atoms. The van der Waals surface area contributed by atoms with E-state index in [4.69, 9.17) is 0 Å². The predicted molar refractivity (Wildman–Crippen MR) is 47.1 cm³/mol. The number of aromatic nitrogens is 2. The number of hydrogen-bond acceptors (Lipinski definition) is 2. The lowest BCUT2D eigenvalue weighted by molar-refractivity contribution is 0.0972. The van der Waals surface area contributed by atoms with Gasteiger partial charge in [-0.3, -0.25) is 4.79 Å². The summed E-state index contributed by atoms with van der Waals surface area (Å²) in [6.45, 7) is 2.08. The molecule has 0 bridgehead atoms. The predicted octanol–water partition coefficient (Wildman–Crippen LogP) is 1.79. The summed E-state index contributed by atoms with van der Waals surface area (Å²) in [5.74, 6) is 0.192. The average Bonchev–Trinajstić information content (AvgIpc) is 2.47. The zero-order valence-electron chi connectivity index (χ0n) is 7.58. The van der Waals surface area contributed by atoms with Gasteiger partial charge in [0.15, 0.2) is 5.78 Å². The van der Waals surface area contributed by atoms with E-state index in [2.05, 4.69) is 11.9 Å². The van der Waals surface area contributed by atoms with Crippen molar-refractivity contribution in [2.24, 2.45) is 7.05 Å². The van der Waals surface area contributed by atoms with Gasteiger partial charge in [0.25, 0.3) is 0 Å². The highest BCUT2D eigenvalue weighted by molar-refractivity contribution is 5.94. The molecule has 0 aliphatic carbocycles. The number of aryl methyl sites for hydroxylation is 1. The number of rotatable bonds is 4. The van der Waals surface area contributed by atoms with Crippen LogP contribution in [-0.2, 0) is 7.05 Å². The number of hydrogen-bond donors (Lipinski definition) is 0. The largest absolute Gasteiger partial charge is 0.331 e. The van der Waals surface area contributed by atoms with E-state index < -0.39 is 0 Å². The number of Topliss-reactive ketones (excluding diaryl/α,β-unsaturated/α-hetero) is 1. The third-order valence-corrected chi connectivity index (χ3v) is 1.86. The number of imidazole rings is 1. The molecular weight excluding hydrogens is 152 g/mol. The molecule has 3 heteroatoms. The van der Waals surface area contributed by atoms with Crippen molar-refractivity contribution in [2.45, 2.75) is 26.2 Å². The highest BCUT2D eigenvalue weighted by atomic mass is 16.1. The van der Waals surface area contributed by atoms with E-state index in [1.165, 1.54) is 0 Å². The smallest absolute Gasteiger partial charge is 0.180 e. The van der Waals surface area contributed by atoms with Crippen molar-refractivity contribution in [2.75, 3.05) is 0 Å². The summed E-state index contributed by atoms with van der Waals surface area (Å²) >= 11 is 0. The molecule has 0 fully saturated rings. The van der Waals surface area contributed by atoms with Crippen molar-refractivity contribution in [3.8, 4) is 0 Å². The van der Waals surface area contributed by atoms with Crippen LogP contribution in [0.1, 0.15) is 36.7 Å². The van der Waals surface area contributed by atoms with E-state index >= 15 is 0 Å². The molecule has 0 aliphatic heterocycles. The molecule has 0 N–H and O–H groups in total. The minimum absolute atomic E-state index is 0.192. The van der Waals surface area contributed by atoms with E-state index in [-0.39, 0.29) is 5.78 Å². The number of nitrogens with zero attached hydrogens (tertiary/aromatic N) is 2. The van der Waals surface area contributed by atoms with Crippen molar-refractivity contribution in [1.29, 1.82) is 0 Å². The van der Waals surface area contributed by atoms with Crippen LogP contribution in [0.2, 0.25) is 0 Å². The normalized spacial score (nSPS) is 10.2. The Morgan fingerprint density at radius 3 is 2.92 bits per heavy atom. The molecule has 0 unspecified atom stereocenters. The van der Waals surface area contributed by atoms with E-state index in [1.807, 2.05) is 7.05 Å². The first-order valence-corrected chi connectivity index (χ1v) is 4.25. The molecule has 1 aromatic heterocycles. The zero-order chi connectivity index (χ0) is 8.97. The molecule has 0 aromatic carbocycles. The second kappa shape index (κ2) is 4.04. The highest BCUT2D eigenvalue weighted by Crippen LogP contribution is 2.04. The number of ketones is 1. The van der Waals surface area contributed by atoms with Gasteiger partial charge in [-0.05, 0) is 6.42 Å². The van der Waals surface area contributed by atoms with E-state index in [0.717, 1.165) is 12.8 Å². The average molecular weight is 166 g/mol. The lowest BCUT2D eigenvalue weighted by Gasteiger charge is -1.99. The number of carbonyl (C=O) groups is 1. The Morgan fingerprint density at radius 1 is 1.67 bits per heavy atom. The van der Waals surface area contributed by atoms with E-state index in [1.54, 1.807) is 17.1 Å². The Kier molecular flexibility index (Phi) is 3.02. The Bertz CT molecular complexity index is 265. The fourth-order valence-electron chi connectivity index (χ4n) is 1.09. The maximum atomic E-state index is 11.4. The van der Waals surface area contributed by atoms with Crippen LogP contribution in [0.5, 0.6) is 0 Å². The summed E-state index contributed by atoms with van der Waals surface area (Å²) in [6, 6.07) is 0. The SMILES string of the molecule is CCCCC(=O)c1cncn1C. The third kappa shape index (κ3) is 1.94. The fourth-order valence-corrected chi connectivity index (χ4v) is 1.09. The van der Waals surface area contributed by atoms with Crippen molar-refractivity contribution >= 4 is 5.78 Å². The van der Waals surface area contributed by atoms with Gasteiger partial charge in [-0.25, -0.2) is 4.98 Å². The number of unbranched alkanes of at least 4 members (excludes halogenated alkanes) is 1. The van der Waals surface area contributed by atoms with Gasteiger partial charge >= 0.3 is 0 Å². The topological polar surface area (TPSA) is 34.9 Å². The summed E-state index contributed by atoms with van der Waals surface area (Å²) in [7, 11) is 1.84. The molecule has 1 aromatic rings. The van der Waals surface area contributed by atoms with Crippen LogP contribution < -0.4 is 0 Å². The van der Waals surface area contributed by atoms with Crippen LogP contribution in [0, 0.1) is 0 Å². The zero-order valence-corrected chi connectivity index (χ0v) is 7.58. The second-order valence-corrected chi connectivity index (χ2v) is 2.92. The van der Waals surface area contributed by atoms with Crippen molar-refractivity contribution in [3.05, 3.63) is 18.2 Å². The summed E-state index contributed by atoms with van der Waals surface area (Å²) in [4.78, 5) is 15.3. The van der Waals surface area contributed by atoms with Crippen molar-refractivity contribution in [3.63, 3.8) is 0 Å². The van der Waals surface area contributed by atoms with Gasteiger partial charge in [-0.1, -0.05) is 13.3 Å². The summed E-state index contributed by atoms with van der Waals surface area (Å²) in [5.41, 5.74) is 0.712. The Morgan fingerprint density at radius 2 is 2.42 bits per heavy atom. The van der Waals surface area contributed by atoms with Gasteiger partial charge in [-0.2, -0.15) is 0 Å². The van der Waals surface area contributed by atoms with Crippen molar-refractivity contribution < 1.29 is 4.79 Å². The summed E-state index contributed by atoms with van der Waals surface area (Å²) in [6.07, 6.45) is 5.93. The lowest BCUT2D eigenvalue weighted by Crippen LogP contribution is -2.04. The first kappa shape index (κ1) is 8.97. The molecule has 0 atom stereocenters. The van der Waals surface area contributed by atoms with E-state index in [0.29, 0.717) is 12.1 Å². The second-order valence-electron chi connectivity index (χ2n) is 2.92. The first-order valence-electron chi connectivity index (χ1n) is 4.25. The maximum Gasteiger partial charge on any atom is 0.180 e. The molecule has 1 heterocycles. The molecule has 12 heavy (non-hydrogen) atoms. The maximum absolute atomic E-state index is 11.4. The van der Waals surface area contributed by atoms with Gasteiger partial charge in [0.1, 0.15) is 5.69 Å². The first-order chi connectivity index (χ1) is 5.75. The third-order valence-electron chi connectivity index (χ3n) is 1.86. The van der Waals surface area contributed by atoms with Crippen LogP contribution in [0.4, 0.5) is 0 Å². The molecule has 0 saturated heterocycles. The van der Waals surface area contributed by atoms with Crippen LogP contribution in [-0.4, -0.2) is 15.3 Å². The summed E-state index contributed by atoms with van der Waals surface area (Å²) < 4.78 is 1.76. The van der Waals surface area contributed by atoms with E-state index in [9.17, 15) is 4.79 Å². The van der Waals surface area contributed by atoms with Crippen LogP contribution >= 0.6 is 0 Å². The van der Waals surface area contributed by atoms with Gasteiger partial charge in [0.2, 0.25) is 0 Å². The lowest BCUT2D eigenvalue weighted by atomic mass is 10.1. The fraction of sp³-hybridized carbons (Fsp3) is 0.556. The molecule has 0 radical (unpaired) electrons. The molecular formula is C9H14N2O. The molecule has 1 rings (SSSR count). The van der Waals surface area contributed by atoms with Crippen LogP contribution in [0.15, 0.2) is 12.5 Å². The summed E-state index contributed by atoms with van der Waals surface area (Å²) in [5, 5.41) is 0. The molecule has 0 aliphatic rings. The van der Waals surface area contributed by atoms with Gasteiger partial charge in [0.05, 0.1) is 12.5 Å². The van der Waals surface area contributed by atoms with Crippen molar-refractivity contribution in [1.82, 2.24) is 9.55 Å². The molecule has 66 valence electrons. The molecule has 0 saturated carbocycles. The Labute approximate surface area is 72.4 Å². The molecule has 0 amide bonds. The monoisotopic (exact) mass is 166 g/mol.